The second-order valence-electron chi connectivity index (χ2n) is 15.9. The molecule has 1 aliphatic carbocycles. The van der Waals surface area contributed by atoms with Crippen molar-refractivity contribution in [3.8, 4) is 12.3 Å². The number of hydrogen-bond acceptors (Lipinski definition) is 7. The molecule has 3 unspecified atom stereocenters. The molecule has 1 heterocycles. The Morgan fingerprint density at radius 2 is 1.65 bits per heavy atom. The van der Waals surface area contributed by atoms with Crippen LogP contribution in [-0.2, 0) is 23.9 Å². The molecule has 2 rings (SSSR count). The van der Waals surface area contributed by atoms with Crippen molar-refractivity contribution in [2.45, 2.75) is 137 Å². The van der Waals surface area contributed by atoms with Crippen LogP contribution in [0.3, 0.4) is 0 Å². The van der Waals surface area contributed by atoms with Gasteiger partial charge in [-0.3, -0.25) is 19.2 Å². The summed E-state index contributed by atoms with van der Waals surface area (Å²) in [5.74, 6) is -0.393. The summed E-state index contributed by atoms with van der Waals surface area (Å²) in [7, 11) is 0. The molecule has 13 nitrogen and oxygen atoms in total. The third-order valence-electron chi connectivity index (χ3n) is 10.0. The monoisotopic (exact) mass is 714 g/mol. The molecule has 51 heavy (non-hydrogen) atoms. The third-order valence-corrected chi connectivity index (χ3v) is 10.0. The fraction of sp³-hybridized carbons (Fsp3) is 0.737. The number of amides is 6. The fourth-order valence-corrected chi connectivity index (χ4v) is 6.88. The highest BCUT2D eigenvalue weighted by Crippen LogP contribution is 2.41. The Hall–Kier alpha value is -4.08. The molecule has 13 heteroatoms. The van der Waals surface area contributed by atoms with Gasteiger partial charge in [0.25, 0.3) is 5.91 Å². The molecule has 2 aliphatic rings. The van der Waals surface area contributed by atoms with Crippen molar-refractivity contribution in [2.24, 2.45) is 22.7 Å². The lowest BCUT2D eigenvalue weighted by Gasteiger charge is -2.43. The number of ether oxygens (including phenoxy) is 1. The van der Waals surface area contributed by atoms with Crippen LogP contribution in [0.2, 0.25) is 0 Å². The minimum absolute atomic E-state index is 0.00900. The maximum atomic E-state index is 14.7. The Kier molecular flexibility index (Phi) is 16.5. The van der Waals surface area contributed by atoms with Gasteiger partial charge in [-0.25, -0.2) is 9.59 Å². The highest BCUT2D eigenvalue weighted by molar-refractivity contribution is 6.38. The molecule has 286 valence electrons. The molecule has 1 aliphatic heterocycles. The predicted octanol–water partition coefficient (Wildman–Crippen LogP) is 3.82. The Balaban J connectivity index is 2.41. The van der Waals surface area contributed by atoms with E-state index in [1.807, 2.05) is 55.4 Å². The van der Waals surface area contributed by atoms with Crippen molar-refractivity contribution >= 4 is 35.6 Å². The van der Waals surface area contributed by atoms with Gasteiger partial charge in [0.05, 0.1) is 12.1 Å². The van der Waals surface area contributed by atoms with E-state index in [1.54, 1.807) is 0 Å². The number of rotatable bonds is 16. The normalized spacial score (nSPS) is 20.3. The van der Waals surface area contributed by atoms with E-state index in [0.29, 0.717) is 19.3 Å². The number of carbonyl (C=O) groups excluding carboxylic acids is 6. The maximum Gasteiger partial charge on any atom is 0.407 e. The summed E-state index contributed by atoms with van der Waals surface area (Å²) in [6.45, 7) is 19.1. The van der Waals surface area contributed by atoms with Gasteiger partial charge in [0.15, 0.2) is 0 Å². The van der Waals surface area contributed by atoms with Gasteiger partial charge in [0, 0.05) is 25.6 Å². The molecular formula is C38H62N6O7. The van der Waals surface area contributed by atoms with Crippen molar-refractivity contribution in [3.63, 3.8) is 0 Å². The van der Waals surface area contributed by atoms with E-state index >= 15 is 0 Å². The van der Waals surface area contributed by atoms with Gasteiger partial charge in [-0.15, -0.1) is 18.9 Å². The molecule has 1 saturated carbocycles. The van der Waals surface area contributed by atoms with Gasteiger partial charge in [0.1, 0.15) is 18.7 Å². The Morgan fingerprint density at radius 1 is 1.00 bits per heavy atom. The van der Waals surface area contributed by atoms with E-state index in [0.717, 1.165) is 19.3 Å². The first kappa shape index (κ1) is 43.1. The van der Waals surface area contributed by atoms with Crippen LogP contribution in [0.15, 0.2) is 12.7 Å². The van der Waals surface area contributed by atoms with Gasteiger partial charge in [-0.2, -0.15) is 0 Å². The minimum atomic E-state index is -1.18. The van der Waals surface area contributed by atoms with E-state index < -0.39 is 64.7 Å². The molecule has 0 spiro atoms. The zero-order chi connectivity index (χ0) is 38.5. The van der Waals surface area contributed by atoms with Gasteiger partial charge >= 0.3 is 12.1 Å². The zero-order valence-corrected chi connectivity index (χ0v) is 32.0. The molecular weight excluding hydrogens is 652 g/mol. The number of urea groups is 1. The summed E-state index contributed by atoms with van der Waals surface area (Å²) in [4.78, 5) is 82.1. The number of ketones is 1. The first-order valence-electron chi connectivity index (χ1n) is 18.3. The van der Waals surface area contributed by atoms with Crippen molar-refractivity contribution in [1.82, 2.24) is 31.5 Å². The molecule has 5 atom stereocenters. The molecule has 1 saturated heterocycles. The SMILES string of the molecule is C#CCCC(NC(=O)C1[C@@H](C(C)C)CCN1C(=O)C(NC(=O)N[C@H](COC(=O)NC(C)C)C(C)(C)C)C1(C)CCCCC1)C(=O)C(=O)NCC=C. The fourth-order valence-electron chi connectivity index (χ4n) is 6.88. The lowest BCUT2D eigenvalue weighted by Crippen LogP contribution is -2.63. The molecule has 6 amide bonds. The van der Waals surface area contributed by atoms with Crippen molar-refractivity contribution < 1.29 is 33.5 Å². The Morgan fingerprint density at radius 3 is 2.20 bits per heavy atom. The van der Waals surface area contributed by atoms with Crippen molar-refractivity contribution in [3.05, 3.63) is 12.7 Å². The van der Waals surface area contributed by atoms with Crippen LogP contribution in [0.4, 0.5) is 9.59 Å². The number of hydrogen-bond donors (Lipinski definition) is 5. The summed E-state index contributed by atoms with van der Waals surface area (Å²) in [6, 6.07) is -4.37. The standard InChI is InChI=1S/C38H62N6O7/c1-11-13-17-27(30(45)33(47)39-21-12-2)41-32(46)29-26(24(3)4)18-22-44(29)34(48)31(38(10)19-15-14-16-20-38)43-35(49)42-28(37(7,8)9)23-51-36(50)40-25(5)6/h1,12,24-29,31H,2,13-23H2,3-10H3,(H,39,47)(H,40,50)(H,41,46)(H2,42,43,49)/t26-,27?,28-,29?,31?/m1/s1. The number of likely N-dealkylation sites (tertiary alicyclic amines) is 1. The first-order valence-corrected chi connectivity index (χ1v) is 18.3. The molecule has 0 bridgehead atoms. The van der Waals surface area contributed by atoms with Crippen molar-refractivity contribution in [2.75, 3.05) is 19.7 Å². The van der Waals surface area contributed by atoms with Crippen LogP contribution in [0, 0.1) is 35.0 Å². The number of alkyl carbamates (subject to hydrolysis) is 1. The molecule has 2 fully saturated rings. The van der Waals surface area contributed by atoms with E-state index in [9.17, 15) is 28.8 Å². The van der Waals surface area contributed by atoms with Crippen LogP contribution < -0.4 is 26.6 Å². The van der Waals surface area contributed by atoms with Crippen LogP contribution >= 0.6 is 0 Å². The highest BCUT2D eigenvalue weighted by Gasteiger charge is 2.50. The quantitative estimate of drug-likeness (QED) is 0.0918. The van der Waals surface area contributed by atoms with E-state index in [-0.39, 0.29) is 56.3 Å². The van der Waals surface area contributed by atoms with E-state index in [2.05, 4.69) is 39.1 Å². The average molecular weight is 715 g/mol. The number of nitrogens with one attached hydrogen (secondary N) is 5. The van der Waals surface area contributed by atoms with Crippen LogP contribution in [0.25, 0.3) is 0 Å². The Bertz CT molecular complexity index is 1290. The Labute approximate surface area is 304 Å². The lowest BCUT2D eigenvalue weighted by atomic mass is 9.70. The topological polar surface area (TPSA) is 175 Å². The van der Waals surface area contributed by atoms with Gasteiger partial charge < -0.3 is 36.2 Å². The number of terminal acetylenes is 1. The van der Waals surface area contributed by atoms with E-state index in [1.165, 1.54) is 11.0 Å². The number of carbonyl (C=O) groups is 6. The van der Waals surface area contributed by atoms with Gasteiger partial charge in [0.2, 0.25) is 17.6 Å². The summed E-state index contributed by atoms with van der Waals surface area (Å²) in [5.41, 5.74) is -1.09. The summed E-state index contributed by atoms with van der Waals surface area (Å²) in [6.07, 6.45) is 11.2. The smallest absolute Gasteiger partial charge is 0.407 e. The van der Waals surface area contributed by atoms with Gasteiger partial charge in [-0.1, -0.05) is 66.9 Å². The molecule has 0 aromatic carbocycles. The minimum Gasteiger partial charge on any atom is -0.447 e. The summed E-state index contributed by atoms with van der Waals surface area (Å²) < 4.78 is 5.42. The van der Waals surface area contributed by atoms with Crippen LogP contribution in [-0.4, -0.2) is 90.4 Å². The molecule has 0 radical (unpaired) electrons. The second-order valence-corrected chi connectivity index (χ2v) is 15.9. The molecule has 0 aromatic rings. The largest absolute Gasteiger partial charge is 0.447 e. The third kappa shape index (κ3) is 12.6. The first-order chi connectivity index (χ1) is 23.9. The predicted molar refractivity (Wildman–Crippen MR) is 196 cm³/mol. The van der Waals surface area contributed by atoms with E-state index in [4.69, 9.17) is 11.2 Å². The lowest BCUT2D eigenvalue weighted by molar-refractivity contribution is -0.145. The average Bonchev–Trinajstić information content (AvgIpc) is 3.51. The number of nitrogens with zero attached hydrogens (tertiary/aromatic N) is 1. The second kappa shape index (κ2) is 19.5. The maximum absolute atomic E-state index is 14.7. The zero-order valence-electron chi connectivity index (χ0n) is 32.0. The summed E-state index contributed by atoms with van der Waals surface area (Å²) >= 11 is 0. The van der Waals surface area contributed by atoms with Crippen molar-refractivity contribution in [1.29, 1.82) is 0 Å². The molecule has 5 N–H and O–H groups in total. The summed E-state index contributed by atoms with van der Waals surface area (Å²) in [5, 5.41) is 13.8. The number of Topliss-reactive ketones (excluding diaryl/α,β-unsaturated/α-hetero) is 1. The van der Waals surface area contributed by atoms with Crippen LogP contribution in [0.1, 0.15) is 107 Å². The molecule has 0 aromatic heterocycles. The highest BCUT2D eigenvalue weighted by atomic mass is 16.5. The van der Waals surface area contributed by atoms with Gasteiger partial charge in [-0.05, 0) is 62.2 Å². The van der Waals surface area contributed by atoms with Crippen LogP contribution in [0.5, 0.6) is 0 Å².